The van der Waals surface area contributed by atoms with Crippen molar-refractivity contribution < 1.29 is 4.79 Å². The second-order valence-corrected chi connectivity index (χ2v) is 6.37. The molecular formula is C16H23Cl2N3OS. The number of amides is 1. The van der Waals surface area contributed by atoms with E-state index in [9.17, 15) is 4.79 Å². The van der Waals surface area contributed by atoms with Crippen LogP contribution in [0.5, 0.6) is 0 Å². The van der Waals surface area contributed by atoms with Crippen LogP contribution in [0.4, 0.5) is 0 Å². The molecule has 2 aromatic rings. The molecule has 0 fully saturated rings. The van der Waals surface area contributed by atoms with Crippen LogP contribution in [0.25, 0.3) is 0 Å². The van der Waals surface area contributed by atoms with Crippen molar-refractivity contribution in [1.82, 2.24) is 10.3 Å². The zero-order valence-corrected chi connectivity index (χ0v) is 15.9. The molecule has 0 aliphatic rings. The van der Waals surface area contributed by atoms with Crippen LogP contribution in [0, 0.1) is 6.92 Å². The maximum atomic E-state index is 12.1. The summed E-state index contributed by atoms with van der Waals surface area (Å²) < 4.78 is 0. The number of hydrogen-bond acceptors (Lipinski definition) is 4. The zero-order valence-electron chi connectivity index (χ0n) is 13.4. The molecule has 0 aliphatic heterocycles. The van der Waals surface area contributed by atoms with Crippen LogP contribution in [-0.4, -0.2) is 10.9 Å². The van der Waals surface area contributed by atoms with Gasteiger partial charge in [-0.15, -0.1) is 36.2 Å². The van der Waals surface area contributed by atoms with E-state index in [0.717, 1.165) is 21.8 Å². The zero-order chi connectivity index (χ0) is 15.4. The number of thiazole rings is 1. The molecule has 1 aromatic carbocycles. The Bertz CT molecular complexity index is 614. The number of carbonyl (C=O) groups excluding carboxylic acids is 1. The normalized spacial score (nSPS) is 11.3. The van der Waals surface area contributed by atoms with Gasteiger partial charge in [0.05, 0.1) is 12.2 Å². The van der Waals surface area contributed by atoms with Gasteiger partial charge >= 0.3 is 0 Å². The summed E-state index contributed by atoms with van der Waals surface area (Å²) in [5.74, 6) is 0.223. The Morgan fingerprint density at radius 3 is 2.39 bits per heavy atom. The highest BCUT2D eigenvalue weighted by atomic mass is 35.5. The number of rotatable bonds is 5. The van der Waals surface area contributed by atoms with E-state index in [1.165, 1.54) is 0 Å². The third-order valence-corrected chi connectivity index (χ3v) is 4.16. The van der Waals surface area contributed by atoms with Crippen LogP contribution in [0.3, 0.4) is 0 Å². The van der Waals surface area contributed by atoms with Gasteiger partial charge in [-0.05, 0) is 18.4 Å². The minimum absolute atomic E-state index is 0. The average Bonchev–Trinajstić information content (AvgIpc) is 2.94. The number of nitrogens with two attached hydrogens (primary N) is 1. The van der Waals surface area contributed by atoms with Crippen molar-refractivity contribution in [2.75, 3.05) is 0 Å². The lowest BCUT2D eigenvalue weighted by Crippen LogP contribution is -2.33. The molecule has 1 unspecified atom stereocenters. The SMILES string of the molecule is Cc1ccc(C(N)C(=O)NCc2nc(C(C)C)cs2)cc1.Cl.Cl. The summed E-state index contributed by atoms with van der Waals surface area (Å²) in [5, 5.41) is 5.79. The molecule has 2 rings (SSSR count). The fourth-order valence-electron chi connectivity index (χ4n) is 1.87. The molecule has 3 N–H and O–H groups in total. The Labute approximate surface area is 153 Å². The van der Waals surface area contributed by atoms with E-state index in [1.54, 1.807) is 11.3 Å². The van der Waals surface area contributed by atoms with Gasteiger partial charge in [0.1, 0.15) is 11.0 Å². The van der Waals surface area contributed by atoms with Gasteiger partial charge in [0.15, 0.2) is 0 Å². The van der Waals surface area contributed by atoms with Crippen molar-refractivity contribution in [3.05, 3.63) is 51.5 Å². The van der Waals surface area contributed by atoms with Crippen LogP contribution in [0.1, 0.15) is 47.6 Å². The van der Waals surface area contributed by atoms with Gasteiger partial charge in [-0.2, -0.15) is 0 Å². The summed E-state index contributed by atoms with van der Waals surface area (Å²) in [4.78, 5) is 16.6. The lowest BCUT2D eigenvalue weighted by Gasteiger charge is -2.12. The van der Waals surface area contributed by atoms with Crippen LogP contribution in [0.15, 0.2) is 29.6 Å². The minimum atomic E-state index is -0.643. The number of halogens is 2. The van der Waals surface area contributed by atoms with Gasteiger partial charge in [-0.3, -0.25) is 4.79 Å². The van der Waals surface area contributed by atoms with Crippen molar-refractivity contribution in [3.8, 4) is 0 Å². The Morgan fingerprint density at radius 2 is 1.87 bits per heavy atom. The summed E-state index contributed by atoms with van der Waals surface area (Å²) in [6.45, 7) is 6.63. The van der Waals surface area contributed by atoms with E-state index in [2.05, 4.69) is 24.1 Å². The average molecular weight is 376 g/mol. The quantitative estimate of drug-likeness (QED) is 0.836. The Balaban J connectivity index is 0.00000242. The second-order valence-electron chi connectivity index (χ2n) is 5.43. The largest absolute Gasteiger partial charge is 0.348 e. The highest BCUT2D eigenvalue weighted by molar-refractivity contribution is 7.09. The van der Waals surface area contributed by atoms with Gasteiger partial charge < -0.3 is 11.1 Å². The predicted molar refractivity (Wildman–Crippen MR) is 101 cm³/mol. The molecule has 0 spiro atoms. The highest BCUT2D eigenvalue weighted by Crippen LogP contribution is 2.18. The highest BCUT2D eigenvalue weighted by Gasteiger charge is 2.16. The van der Waals surface area contributed by atoms with Gasteiger partial charge in [-0.1, -0.05) is 43.7 Å². The number of nitrogens with zero attached hydrogens (tertiary/aromatic N) is 1. The fraction of sp³-hybridized carbons (Fsp3) is 0.375. The number of nitrogens with one attached hydrogen (secondary N) is 1. The first kappa shape index (κ1) is 21.9. The molecule has 0 radical (unpaired) electrons. The van der Waals surface area contributed by atoms with Crippen molar-refractivity contribution in [1.29, 1.82) is 0 Å². The van der Waals surface area contributed by atoms with Gasteiger partial charge in [0.2, 0.25) is 5.91 Å². The Morgan fingerprint density at radius 1 is 1.26 bits per heavy atom. The molecule has 128 valence electrons. The van der Waals surface area contributed by atoms with E-state index in [-0.39, 0.29) is 30.7 Å². The van der Waals surface area contributed by atoms with Crippen molar-refractivity contribution in [3.63, 3.8) is 0 Å². The summed E-state index contributed by atoms with van der Waals surface area (Å²) >= 11 is 1.56. The number of aryl methyl sites for hydroxylation is 1. The topological polar surface area (TPSA) is 68.0 Å². The Kier molecular flexibility index (Phi) is 9.39. The van der Waals surface area contributed by atoms with E-state index in [1.807, 2.05) is 36.6 Å². The smallest absolute Gasteiger partial charge is 0.241 e. The molecule has 1 heterocycles. The first-order chi connectivity index (χ1) is 9.97. The van der Waals surface area contributed by atoms with Crippen molar-refractivity contribution in [2.45, 2.75) is 39.3 Å². The van der Waals surface area contributed by atoms with Crippen molar-refractivity contribution >= 4 is 42.1 Å². The molecule has 0 aliphatic carbocycles. The lowest BCUT2D eigenvalue weighted by molar-refractivity contribution is -0.122. The molecule has 1 atom stereocenters. The van der Waals surface area contributed by atoms with E-state index in [0.29, 0.717) is 12.5 Å². The lowest BCUT2D eigenvalue weighted by atomic mass is 10.1. The van der Waals surface area contributed by atoms with Crippen molar-refractivity contribution in [2.24, 2.45) is 5.73 Å². The second kappa shape index (κ2) is 9.88. The van der Waals surface area contributed by atoms with E-state index in [4.69, 9.17) is 5.73 Å². The molecule has 0 saturated heterocycles. The Hall–Kier alpha value is -1.14. The first-order valence-electron chi connectivity index (χ1n) is 7.01. The number of hydrogen-bond donors (Lipinski definition) is 2. The summed E-state index contributed by atoms with van der Waals surface area (Å²) in [6, 6.07) is 7.05. The number of benzene rings is 1. The third-order valence-electron chi connectivity index (χ3n) is 3.29. The molecule has 4 nitrogen and oxygen atoms in total. The van der Waals surface area contributed by atoms with E-state index < -0.39 is 6.04 Å². The standard InChI is InChI=1S/C16H21N3OS.2ClH/c1-10(2)13-9-21-14(19-13)8-18-16(20)15(17)12-6-4-11(3)5-7-12;;/h4-7,9-10,15H,8,17H2,1-3H3,(H,18,20);2*1H. The van der Waals surface area contributed by atoms with Gasteiger partial charge in [-0.25, -0.2) is 4.98 Å². The van der Waals surface area contributed by atoms with Crippen LogP contribution in [-0.2, 0) is 11.3 Å². The van der Waals surface area contributed by atoms with Gasteiger partial charge in [0, 0.05) is 5.38 Å². The molecule has 23 heavy (non-hydrogen) atoms. The minimum Gasteiger partial charge on any atom is -0.348 e. The molecule has 1 amide bonds. The van der Waals surface area contributed by atoms with Crippen LogP contribution >= 0.6 is 36.2 Å². The van der Waals surface area contributed by atoms with E-state index >= 15 is 0 Å². The first-order valence-corrected chi connectivity index (χ1v) is 7.89. The predicted octanol–water partition coefficient (Wildman–Crippen LogP) is 3.73. The summed E-state index contributed by atoms with van der Waals surface area (Å²) in [6.07, 6.45) is 0. The number of aromatic nitrogens is 1. The molecule has 0 saturated carbocycles. The molecule has 1 aromatic heterocycles. The van der Waals surface area contributed by atoms with Crippen LogP contribution in [0.2, 0.25) is 0 Å². The number of carbonyl (C=O) groups is 1. The molecule has 7 heteroatoms. The molecular weight excluding hydrogens is 353 g/mol. The maximum Gasteiger partial charge on any atom is 0.241 e. The van der Waals surface area contributed by atoms with Gasteiger partial charge in [0.25, 0.3) is 0 Å². The fourth-order valence-corrected chi connectivity index (χ4v) is 2.76. The van der Waals surface area contributed by atoms with Crippen LogP contribution < -0.4 is 11.1 Å². The summed E-state index contributed by atoms with van der Waals surface area (Å²) in [7, 11) is 0. The maximum absolute atomic E-state index is 12.1. The molecule has 0 bridgehead atoms. The monoisotopic (exact) mass is 375 g/mol. The third kappa shape index (κ3) is 6.11. The summed E-state index contributed by atoms with van der Waals surface area (Å²) in [5.41, 5.74) is 9.01.